The molecule has 12 heteroatoms. The van der Waals surface area contributed by atoms with E-state index in [1.165, 1.54) is 12.1 Å². The molecular weight excluding hydrogens is 409 g/mol. The first-order chi connectivity index (χ1) is 13.6. The Hall–Kier alpha value is -3.41. The Bertz CT molecular complexity index is 1290. The second-order valence-corrected chi connectivity index (χ2v) is 7.84. The maximum Gasteiger partial charge on any atom is 0.435 e. The number of aromatic amines is 1. The number of nitrogens with zero attached hydrogens (tertiary/aromatic N) is 4. The number of halogens is 3. The van der Waals surface area contributed by atoms with E-state index in [2.05, 4.69) is 25.0 Å². The second-order valence-electron chi connectivity index (χ2n) is 6.16. The summed E-state index contributed by atoms with van der Waals surface area (Å²) in [7, 11) is -2.29. The number of aryl methyl sites for hydroxylation is 1. The maximum atomic E-state index is 12.7. The number of sulfonamides is 1. The van der Waals surface area contributed by atoms with Crippen molar-refractivity contribution in [1.82, 2.24) is 25.0 Å². The Labute approximate surface area is 162 Å². The average Bonchev–Trinajstić information content (AvgIpc) is 3.30. The van der Waals surface area contributed by atoms with Gasteiger partial charge in [-0.2, -0.15) is 23.4 Å². The quantitative estimate of drug-likeness (QED) is 0.526. The topological polar surface area (TPSA) is 106 Å². The molecule has 3 heterocycles. The summed E-state index contributed by atoms with van der Waals surface area (Å²) in [4.78, 5) is 3.80. The summed E-state index contributed by atoms with van der Waals surface area (Å²) in [6.45, 7) is 0. The highest BCUT2D eigenvalue weighted by Gasteiger charge is 2.34. The van der Waals surface area contributed by atoms with Crippen LogP contribution in [0.25, 0.3) is 22.3 Å². The normalized spacial score (nSPS) is 12.4. The molecule has 4 rings (SSSR count). The molecule has 0 aliphatic rings. The van der Waals surface area contributed by atoms with Crippen molar-refractivity contribution in [2.24, 2.45) is 7.05 Å². The zero-order valence-corrected chi connectivity index (χ0v) is 15.6. The van der Waals surface area contributed by atoms with Gasteiger partial charge in [0.05, 0.1) is 28.8 Å². The van der Waals surface area contributed by atoms with Crippen LogP contribution < -0.4 is 4.72 Å². The third-order valence-electron chi connectivity index (χ3n) is 4.20. The van der Waals surface area contributed by atoms with Crippen molar-refractivity contribution >= 4 is 26.6 Å². The molecule has 0 aliphatic heterocycles. The van der Waals surface area contributed by atoms with Crippen LogP contribution in [0.2, 0.25) is 0 Å². The number of nitrogens with one attached hydrogen (secondary N) is 2. The summed E-state index contributed by atoms with van der Waals surface area (Å²) in [5, 5.41) is 10.3. The summed E-state index contributed by atoms with van der Waals surface area (Å²) in [6, 6.07) is 8.45. The Morgan fingerprint density at radius 1 is 1.14 bits per heavy atom. The molecule has 0 saturated carbocycles. The molecule has 0 saturated heterocycles. The Morgan fingerprint density at radius 3 is 2.59 bits per heavy atom. The van der Waals surface area contributed by atoms with E-state index in [1.807, 2.05) is 0 Å². The summed E-state index contributed by atoms with van der Waals surface area (Å²) in [5.74, 6) is 0. The van der Waals surface area contributed by atoms with Gasteiger partial charge in [0, 0.05) is 18.6 Å². The average molecular weight is 422 g/mol. The lowest BCUT2D eigenvalue weighted by Crippen LogP contribution is -2.14. The minimum atomic E-state index is -4.59. The number of H-pyrrole nitrogens is 1. The lowest BCUT2D eigenvalue weighted by atomic mass is 10.2. The van der Waals surface area contributed by atoms with Crippen LogP contribution in [0.5, 0.6) is 0 Å². The number of anilines is 1. The van der Waals surface area contributed by atoms with Gasteiger partial charge in [-0.15, -0.1) is 0 Å². The predicted octanol–water partition coefficient (Wildman–Crippen LogP) is 3.18. The molecule has 0 bridgehead atoms. The zero-order chi connectivity index (χ0) is 20.8. The molecule has 8 nitrogen and oxygen atoms in total. The fraction of sp³-hybridized carbons (Fsp3) is 0.118. The summed E-state index contributed by atoms with van der Waals surface area (Å²) in [5.41, 5.74) is 0.0132. The monoisotopic (exact) mass is 422 g/mol. The van der Waals surface area contributed by atoms with Crippen molar-refractivity contribution < 1.29 is 21.6 Å². The van der Waals surface area contributed by atoms with Gasteiger partial charge in [-0.1, -0.05) is 12.1 Å². The Kier molecular flexibility index (Phi) is 4.30. The van der Waals surface area contributed by atoms with Crippen LogP contribution in [-0.2, 0) is 23.2 Å². The van der Waals surface area contributed by atoms with Crippen LogP contribution in [-0.4, -0.2) is 33.4 Å². The molecule has 0 fully saturated rings. The van der Waals surface area contributed by atoms with Gasteiger partial charge in [-0.3, -0.25) is 19.5 Å². The van der Waals surface area contributed by atoms with E-state index in [1.54, 1.807) is 36.1 Å². The highest BCUT2D eigenvalue weighted by atomic mass is 32.2. The number of para-hydroxylation sites is 1. The molecule has 0 amide bonds. The Balaban J connectivity index is 1.62. The maximum absolute atomic E-state index is 12.7. The van der Waals surface area contributed by atoms with Gasteiger partial charge in [0.25, 0.3) is 10.0 Å². The van der Waals surface area contributed by atoms with E-state index in [4.69, 9.17) is 0 Å². The fourth-order valence-electron chi connectivity index (χ4n) is 2.82. The number of alkyl halides is 3. The van der Waals surface area contributed by atoms with Gasteiger partial charge in [0.2, 0.25) is 0 Å². The van der Waals surface area contributed by atoms with Gasteiger partial charge in [-0.25, -0.2) is 8.42 Å². The van der Waals surface area contributed by atoms with E-state index in [0.29, 0.717) is 11.2 Å². The van der Waals surface area contributed by atoms with Gasteiger partial charge in [-0.05, 0) is 24.3 Å². The number of hydrogen-bond donors (Lipinski definition) is 2. The van der Waals surface area contributed by atoms with Crippen molar-refractivity contribution in [3.8, 4) is 11.4 Å². The molecular formula is C17H13F3N6O2S. The van der Waals surface area contributed by atoms with Gasteiger partial charge < -0.3 is 0 Å². The van der Waals surface area contributed by atoms with Crippen LogP contribution in [0, 0.1) is 0 Å². The van der Waals surface area contributed by atoms with E-state index < -0.39 is 21.9 Å². The van der Waals surface area contributed by atoms with Crippen LogP contribution in [0.3, 0.4) is 0 Å². The smallest absolute Gasteiger partial charge is 0.277 e. The lowest BCUT2D eigenvalue weighted by molar-refractivity contribution is -0.141. The third-order valence-corrected chi connectivity index (χ3v) is 5.55. The van der Waals surface area contributed by atoms with E-state index >= 15 is 0 Å². The Morgan fingerprint density at radius 2 is 1.93 bits per heavy atom. The molecule has 150 valence electrons. The minimum Gasteiger partial charge on any atom is -0.277 e. The van der Waals surface area contributed by atoms with Crippen LogP contribution in [0.15, 0.2) is 53.7 Å². The lowest BCUT2D eigenvalue weighted by Gasteiger charge is -2.10. The molecule has 29 heavy (non-hydrogen) atoms. The molecule has 0 atom stereocenters. The molecule has 3 aromatic heterocycles. The first kappa shape index (κ1) is 18.9. The highest BCUT2D eigenvalue weighted by Crippen LogP contribution is 2.30. The molecule has 0 unspecified atom stereocenters. The van der Waals surface area contributed by atoms with Crippen molar-refractivity contribution in [3.05, 3.63) is 54.5 Å². The van der Waals surface area contributed by atoms with Crippen molar-refractivity contribution in [2.75, 3.05) is 4.72 Å². The van der Waals surface area contributed by atoms with E-state index in [9.17, 15) is 21.6 Å². The predicted molar refractivity (Wildman–Crippen MR) is 98.3 cm³/mol. The third kappa shape index (κ3) is 3.53. The number of benzene rings is 1. The van der Waals surface area contributed by atoms with Crippen molar-refractivity contribution in [2.45, 2.75) is 11.1 Å². The molecule has 0 spiro atoms. The van der Waals surface area contributed by atoms with Crippen LogP contribution >= 0.6 is 0 Å². The van der Waals surface area contributed by atoms with Crippen LogP contribution in [0.1, 0.15) is 5.69 Å². The second kappa shape index (κ2) is 6.58. The van der Waals surface area contributed by atoms with E-state index in [-0.39, 0.29) is 16.3 Å². The number of rotatable bonds is 4. The number of hydrogen-bond acceptors (Lipinski definition) is 5. The molecule has 1 aromatic carbocycles. The van der Waals surface area contributed by atoms with Gasteiger partial charge >= 0.3 is 6.18 Å². The first-order valence-corrected chi connectivity index (χ1v) is 9.66. The first-order valence-electron chi connectivity index (χ1n) is 8.18. The van der Waals surface area contributed by atoms with Crippen molar-refractivity contribution in [1.29, 1.82) is 0 Å². The van der Waals surface area contributed by atoms with Gasteiger partial charge in [0.15, 0.2) is 5.69 Å². The highest BCUT2D eigenvalue weighted by molar-refractivity contribution is 7.92. The van der Waals surface area contributed by atoms with Crippen molar-refractivity contribution in [3.63, 3.8) is 0 Å². The standard InChI is InChI=1S/C17H13F3N6O2S/c1-26-16-10(8-22-26)3-2-4-13(16)25-29(27,28)11-5-6-12(21-9-11)14-7-15(24-23-14)17(18,19)20/h2-9,25H,1H3,(H,23,24). The molecule has 4 aromatic rings. The largest absolute Gasteiger partial charge is 0.435 e. The number of pyridine rings is 1. The summed E-state index contributed by atoms with van der Waals surface area (Å²) < 4.78 is 67.5. The SMILES string of the molecule is Cn1ncc2cccc(NS(=O)(=O)c3ccc(-c4cc(C(F)(F)F)n[nH]4)nc3)c21. The zero-order valence-electron chi connectivity index (χ0n) is 14.8. The molecule has 2 N–H and O–H groups in total. The number of aromatic nitrogens is 5. The van der Waals surface area contributed by atoms with Crippen LogP contribution in [0.4, 0.5) is 18.9 Å². The minimum absolute atomic E-state index is 0.0221. The molecule has 0 radical (unpaired) electrons. The number of fused-ring (bicyclic) bond motifs is 1. The molecule has 0 aliphatic carbocycles. The fourth-order valence-corrected chi connectivity index (χ4v) is 3.83. The van der Waals surface area contributed by atoms with Gasteiger partial charge in [0.1, 0.15) is 4.90 Å². The summed E-state index contributed by atoms with van der Waals surface area (Å²) in [6.07, 6.45) is -1.91. The van der Waals surface area contributed by atoms with E-state index in [0.717, 1.165) is 17.6 Å². The summed E-state index contributed by atoms with van der Waals surface area (Å²) >= 11 is 0.